The van der Waals surface area contributed by atoms with Crippen molar-refractivity contribution in [1.82, 2.24) is 4.90 Å². The molecule has 0 radical (unpaired) electrons. The van der Waals surface area contributed by atoms with E-state index in [0.717, 1.165) is 6.07 Å². The predicted molar refractivity (Wildman–Crippen MR) is 81.4 cm³/mol. The topological polar surface area (TPSA) is 75.7 Å². The number of carbonyl (C=O) groups is 3. The van der Waals surface area contributed by atoms with Crippen molar-refractivity contribution in [2.75, 3.05) is 25.0 Å². The lowest BCUT2D eigenvalue weighted by Gasteiger charge is -2.15. The zero-order valence-electron chi connectivity index (χ0n) is 12.5. The van der Waals surface area contributed by atoms with Gasteiger partial charge < -0.3 is 15.0 Å². The zero-order chi connectivity index (χ0) is 17.0. The Morgan fingerprint density at radius 3 is 2.83 bits per heavy atom. The summed E-state index contributed by atoms with van der Waals surface area (Å²) in [7, 11) is 0. The molecule has 2 rings (SSSR count). The van der Waals surface area contributed by atoms with Crippen LogP contribution in [0.2, 0.25) is 5.02 Å². The van der Waals surface area contributed by atoms with Crippen molar-refractivity contribution in [3.8, 4) is 0 Å². The number of benzene rings is 1. The van der Waals surface area contributed by atoms with Crippen LogP contribution < -0.4 is 5.32 Å². The SMILES string of the molecule is CCOC(=O)C(=O)N1CC[C@H](C(=O)Nc2ccc(F)c(Cl)c2)C1. The number of anilines is 1. The Morgan fingerprint density at radius 1 is 1.43 bits per heavy atom. The molecule has 2 amide bonds. The minimum absolute atomic E-state index is 0.0895. The van der Waals surface area contributed by atoms with E-state index in [2.05, 4.69) is 10.1 Å². The normalized spacial score (nSPS) is 17.0. The lowest BCUT2D eigenvalue weighted by Crippen LogP contribution is -2.37. The highest BCUT2D eigenvalue weighted by Gasteiger charge is 2.34. The van der Waals surface area contributed by atoms with Crippen molar-refractivity contribution < 1.29 is 23.5 Å². The third-order valence-corrected chi connectivity index (χ3v) is 3.77. The van der Waals surface area contributed by atoms with Gasteiger partial charge in [-0.25, -0.2) is 9.18 Å². The number of hydrogen-bond donors (Lipinski definition) is 1. The first-order valence-electron chi connectivity index (χ1n) is 7.14. The molecule has 1 heterocycles. The molecule has 1 aromatic carbocycles. The Kier molecular flexibility index (Phi) is 5.54. The fourth-order valence-corrected chi connectivity index (χ4v) is 2.48. The average molecular weight is 343 g/mol. The third kappa shape index (κ3) is 4.19. The number of ether oxygens (including phenoxy) is 1. The van der Waals surface area contributed by atoms with Gasteiger partial charge in [-0.05, 0) is 31.5 Å². The van der Waals surface area contributed by atoms with E-state index in [1.807, 2.05) is 0 Å². The van der Waals surface area contributed by atoms with E-state index in [4.69, 9.17) is 11.6 Å². The molecule has 6 nitrogen and oxygen atoms in total. The number of rotatable bonds is 3. The molecule has 0 spiro atoms. The molecule has 0 aliphatic carbocycles. The van der Waals surface area contributed by atoms with Crippen LogP contribution in [-0.2, 0) is 19.1 Å². The highest BCUT2D eigenvalue weighted by Crippen LogP contribution is 2.22. The first-order chi connectivity index (χ1) is 10.9. The van der Waals surface area contributed by atoms with Gasteiger partial charge in [-0.2, -0.15) is 0 Å². The highest BCUT2D eigenvalue weighted by molar-refractivity contribution is 6.32. The summed E-state index contributed by atoms with van der Waals surface area (Å²) >= 11 is 5.66. The number of amides is 2. The van der Waals surface area contributed by atoms with E-state index in [-0.39, 0.29) is 24.1 Å². The van der Waals surface area contributed by atoms with Gasteiger partial charge in [0.2, 0.25) is 5.91 Å². The number of likely N-dealkylation sites (tertiary alicyclic amines) is 1. The van der Waals surface area contributed by atoms with Crippen LogP contribution in [-0.4, -0.2) is 42.4 Å². The van der Waals surface area contributed by atoms with Gasteiger partial charge in [-0.3, -0.25) is 9.59 Å². The van der Waals surface area contributed by atoms with Gasteiger partial charge in [0.05, 0.1) is 17.5 Å². The van der Waals surface area contributed by atoms with Crippen LogP contribution in [0.1, 0.15) is 13.3 Å². The molecule has 0 bridgehead atoms. The first-order valence-corrected chi connectivity index (χ1v) is 7.52. The molecule has 0 saturated carbocycles. The molecular formula is C15H16ClFN2O4. The summed E-state index contributed by atoms with van der Waals surface area (Å²) in [5.74, 6) is -2.99. The predicted octanol–water partition coefficient (Wildman–Crippen LogP) is 1.83. The van der Waals surface area contributed by atoms with E-state index in [9.17, 15) is 18.8 Å². The van der Waals surface area contributed by atoms with Crippen LogP contribution in [0.3, 0.4) is 0 Å². The summed E-state index contributed by atoms with van der Waals surface area (Å²) in [6, 6.07) is 3.87. The highest BCUT2D eigenvalue weighted by atomic mass is 35.5. The molecule has 8 heteroatoms. The van der Waals surface area contributed by atoms with Crippen LogP contribution in [0.25, 0.3) is 0 Å². The summed E-state index contributed by atoms with van der Waals surface area (Å²) < 4.78 is 17.7. The zero-order valence-corrected chi connectivity index (χ0v) is 13.2. The second kappa shape index (κ2) is 7.41. The van der Waals surface area contributed by atoms with E-state index >= 15 is 0 Å². The van der Waals surface area contributed by atoms with Crippen LogP contribution >= 0.6 is 11.6 Å². The Morgan fingerprint density at radius 2 is 2.17 bits per heavy atom. The molecular weight excluding hydrogens is 327 g/mol. The summed E-state index contributed by atoms with van der Waals surface area (Å²) in [5, 5.41) is 2.53. The summed E-state index contributed by atoms with van der Waals surface area (Å²) in [6.45, 7) is 2.17. The smallest absolute Gasteiger partial charge is 0.397 e. The molecule has 1 atom stereocenters. The Balaban J connectivity index is 1.93. The molecule has 0 aromatic heterocycles. The van der Waals surface area contributed by atoms with Crippen LogP contribution in [0.4, 0.5) is 10.1 Å². The number of nitrogens with zero attached hydrogens (tertiary/aromatic N) is 1. The minimum atomic E-state index is -0.918. The standard InChI is InChI=1S/C15H16ClFN2O4/c1-2-23-15(22)14(21)19-6-5-9(8-19)13(20)18-10-3-4-12(17)11(16)7-10/h3-4,7,9H,2,5-6,8H2,1H3,(H,18,20)/t9-/m0/s1. The first kappa shape index (κ1) is 17.2. The van der Waals surface area contributed by atoms with E-state index in [1.165, 1.54) is 17.0 Å². The lowest BCUT2D eigenvalue weighted by molar-refractivity contribution is -0.159. The summed E-state index contributed by atoms with van der Waals surface area (Å²) in [6.07, 6.45) is 0.436. The van der Waals surface area contributed by atoms with Crippen molar-refractivity contribution >= 4 is 35.1 Å². The van der Waals surface area contributed by atoms with Crippen molar-refractivity contribution in [3.05, 3.63) is 29.0 Å². The number of esters is 1. The van der Waals surface area contributed by atoms with Gasteiger partial charge in [0.25, 0.3) is 0 Å². The van der Waals surface area contributed by atoms with Crippen molar-refractivity contribution in [2.24, 2.45) is 5.92 Å². The molecule has 1 aliphatic rings. The molecule has 124 valence electrons. The van der Waals surface area contributed by atoms with Crippen LogP contribution in [0.5, 0.6) is 0 Å². The van der Waals surface area contributed by atoms with Gasteiger partial charge in [0.15, 0.2) is 0 Å². The minimum Gasteiger partial charge on any atom is -0.459 e. The fraction of sp³-hybridized carbons (Fsp3) is 0.400. The monoisotopic (exact) mass is 342 g/mol. The molecule has 1 fully saturated rings. The van der Waals surface area contributed by atoms with E-state index < -0.39 is 23.6 Å². The second-order valence-corrected chi connectivity index (χ2v) is 5.48. The molecule has 1 saturated heterocycles. The Labute approximate surface area is 137 Å². The van der Waals surface area contributed by atoms with Crippen molar-refractivity contribution in [1.29, 1.82) is 0 Å². The van der Waals surface area contributed by atoms with Gasteiger partial charge in [0.1, 0.15) is 5.82 Å². The number of halogens is 2. The molecule has 23 heavy (non-hydrogen) atoms. The Hall–Kier alpha value is -2.15. The maximum absolute atomic E-state index is 13.1. The van der Waals surface area contributed by atoms with Crippen molar-refractivity contribution in [2.45, 2.75) is 13.3 Å². The Bertz CT molecular complexity index is 638. The largest absolute Gasteiger partial charge is 0.459 e. The van der Waals surface area contributed by atoms with Crippen LogP contribution in [0.15, 0.2) is 18.2 Å². The average Bonchev–Trinajstić information content (AvgIpc) is 3.00. The van der Waals surface area contributed by atoms with Gasteiger partial charge >= 0.3 is 11.9 Å². The molecule has 1 aromatic rings. The fourth-order valence-electron chi connectivity index (χ4n) is 2.30. The number of nitrogens with one attached hydrogen (secondary N) is 1. The van der Waals surface area contributed by atoms with Crippen molar-refractivity contribution in [3.63, 3.8) is 0 Å². The van der Waals surface area contributed by atoms with Gasteiger partial charge in [-0.1, -0.05) is 11.6 Å². The van der Waals surface area contributed by atoms with Gasteiger partial charge in [0, 0.05) is 18.8 Å². The quantitative estimate of drug-likeness (QED) is 0.671. The van der Waals surface area contributed by atoms with E-state index in [1.54, 1.807) is 6.92 Å². The van der Waals surface area contributed by atoms with Gasteiger partial charge in [-0.15, -0.1) is 0 Å². The summed E-state index contributed by atoms with van der Waals surface area (Å²) in [5.41, 5.74) is 0.372. The molecule has 0 unspecified atom stereocenters. The number of hydrogen-bond acceptors (Lipinski definition) is 4. The van der Waals surface area contributed by atoms with E-state index in [0.29, 0.717) is 18.7 Å². The third-order valence-electron chi connectivity index (χ3n) is 3.48. The second-order valence-electron chi connectivity index (χ2n) is 5.08. The molecule has 1 aliphatic heterocycles. The number of carbonyl (C=O) groups excluding carboxylic acids is 3. The summed E-state index contributed by atoms with van der Waals surface area (Å²) in [4.78, 5) is 36.7. The maximum Gasteiger partial charge on any atom is 0.397 e. The van der Waals surface area contributed by atoms with Crippen LogP contribution in [0, 0.1) is 11.7 Å². The lowest BCUT2D eigenvalue weighted by atomic mass is 10.1. The maximum atomic E-state index is 13.1. The molecule has 1 N–H and O–H groups in total.